The number of carbonyl (C=O) groups excluding carboxylic acids is 1. The summed E-state index contributed by atoms with van der Waals surface area (Å²) in [5.74, 6) is -0.171. The van der Waals surface area contributed by atoms with E-state index in [1.54, 1.807) is 12.1 Å². The zero-order valence-corrected chi connectivity index (χ0v) is 11.8. The Balaban J connectivity index is 2.14. The monoisotopic (exact) mass is 277 g/mol. The quantitative estimate of drug-likeness (QED) is 0.508. The second kappa shape index (κ2) is 6.00. The second-order valence-corrected chi connectivity index (χ2v) is 5.20. The molecule has 0 bridgehead atoms. The Morgan fingerprint density at radius 2 is 2.30 bits per heavy atom. The van der Waals surface area contributed by atoms with Crippen LogP contribution in [0, 0.1) is 10.1 Å². The number of nitro groups is 1. The molecule has 0 amide bonds. The van der Waals surface area contributed by atoms with Gasteiger partial charge >= 0.3 is 0 Å². The molecule has 1 N–H and O–H groups in total. The fraction of sp³-hybridized carbons (Fsp3) is 0.500. The molecule has 108 valence electrons. The van der Waals surface area contributed by atoms with Crippen molar-refractivity contribution in [3.8, 4) is 0 Å². The summed E-state index contributed by atoms with van der Waals surface area (Å²) >= 11 is 0. The van der Waals surface area contributed by atoms with E-state index >= 15 is 0 Å². The Morgan fingerprint density at radius 3 is 2.85 bits per heavy atom. The van der Waals surface area contributed by atoms with Crippen LogP contribution in [0.15, 0.2) is 18.2 Å². The number of anilines is 1. The summed E-state index contributed by atoms with van der Waals surface area (Å²) in [5, 5.41) is 14.2. The third-order valence-corrected chi connectivity index (χ3v) is 3.80. The molecule has 6 nitrogen and oxygen atoms in total. The molecule has 0 radical (unpaired) electrons. The number of likely N-dealkylation sites (tertiary alicyclic amines) is 1. The lowest BCUT2D eigenvalue weighted by molar-refractivity contribution is -0.384. The van der Waals surface area contributed by atoms with Crippen LogP contribution >= 0.6 is 0 Å². The van der Waals surface area contributed by atoms with Crippen molar-refractivity contribution >= 4 is 17.2 Å². The lowest BCUT2D eigenvalue weighted by atomic mass is 10.1. The van der Waals surface area contributed by atoms with E-state index in [1.807, 2.05) is 0 Å². The first-order valence-corrected chi connectivity index (χ1v) is 6.72. The maximum Gasteiger partial charge on any atom is 0.293 e. The number of hydrogen-bond donors (Lipinski definition) is 1. The summed E-state index contributed by atoms with van der Waals surface area (Å²) in [4.78, 5) is 24.2. The van der Waals surface area contributed by atoms with Crippen molar-refractivity contribution in [3.05, 3.63) is 33.9 Å². The van der Waals surface area contributed by atoms with Gasteiger partial charge in [0.05, 0.1) is 4.92 Å². The molecular weight excluding hydrogens is 258 g/mol. The maximum absolute atomic E-state index is 11.3. The van der Waals surface area contributed by atoms with Crippen molar-refractivity contribution in [1.29, 1.82) is 0 Å². The van der Waals surface area contributed by atoms with Crippen molar-refractivity contribution in [2.45, 2.75) is 25.8 Å². The van der Waals surface area contributed by atoms with Crippen LogP contribution in [0.3, 0.4) is 0 Å². The van der Waals surface area contributed by atoms with Crippen LogP contribution in [0.5, 0.6) is 0 Å². The number of likely N-dealkylation sites (N-methyl/N-ethyl adjacent to an activating group) is 1. The molecule has 1 aliphatic heterocycles. The van der Waals surface area contributed by atoms with Gasteiger partial charge in [0.15, 0.2) is 5.78 Å². The number of Topliss-reactive ketones (excluding diaryl/α,β-unsaturated/α-hetero) is 1. The fourth-order valence-corrected chi connectivity index (χ4v) is 2.52. The summed E-state index contributed by atoms with van der Waals surface area (Å²) in [6.45, 7) is 3.15. The third kappa shape index (κ3) is 3.14. The number of nitrogens with zero attached hydrogens (tertiary/aromatic N) is 2. The molecule has 1 aromatic carbocycles. The predicted octanol–water partition coefficient (Wildman–Crippen LogP) is 2.30. The average molecular weight is 277 g/mol. The van der Waals surface area contributed by atoms with Crippen molar-refractivity contribution in [3.63, 3.8) is 0 Å². The van der Waals surface area contributed by atoms with Gasteiger partial charge in [0.2, 0.25) is 0 Å². The highest BCUT2D eigenvalue weighted by Gasteiger charge is 2.22. The van der Waals surface area contributed by atoms with Crippen LogP contribution in [-0.2, 0) is 0 Å². The standard InChI is InChI=1S/C14H19N3O3/c1-10(18)11-5-6-13(14(8-11)17(19)20)15-9-12-4-3-7-16(12)2/h5-6,8,12,15H,3-4,7,9H2,1-2H3/t12-/m1/s1. The van der Waals surface area contributed by atoms with E-state index in [1.165, 1.54) is 13.0 Å². The minimum absolute atomic E-state index is 0.0432. The van der Waals surface area contributed by atoms with E-state index < -0.39 is 4.92 Å². The molecular formula is C14H19N3O3. The minimum Gasteiger partial charge on any atom is -0.378 e. The average Bonchev–Trinajstić information content (AvgIpc) is 2.81. The van der Waals surface area contributed by atoms with E-state index in [2.05, 4.69) is 17.3 Å². The molecule has 1 aliphatic rings. The molecule has 6 heteroatoms. The van der Waals surface area contributed by atoms with Crippen LogP contribution in [0.2, 0.25) is 0 Å². The smallest absolute Gasteiger partial charge is 0.293 e. The topological polar surface area (TPSA) is 75.5 Å². The third-order valence-electron chi connectivity index (χ3n) is 3.80. The molecule has 0 aliphatic carbocycles. The van der Waals surface area contributed by atoms with Gasteiger partial charge in [0.1, 0.15) is 5.69 Å². The summed E-state index contributed by atoms with van der Waals surface area (Å²) in [6, 6.07) is 4.98. The van der Waals surface area contributed by atoms with Gasteiger partial charge in [-0.2, -0.15) is 0 Å². The summed E-state index contributed by atoms with van der Waals surface area (Å²) in [5.41, 5.74) is 0.791. The maximum atomic E-state index is 11.3. The predicted molar refractivity (Wildman–Crippen MR) is 77.2 cm³/mol. The van der Waals surface area contributed by atoms with E-state index in [9.17, 15) is 14.9 Å². The number of nitrogens with one attached hydrogen (secondary N) is 1. The number of ketones is 1. The molecule has 1 saturated heterocycles. The Labute approximate surface area is 117 Å². The molecule has 0 unspecified atom stereocenters. The number of benzene rings is 1. The van der Waals surface area contributed by atoms with Gasteiger partial charge in [-0.3, -0.25) is 14.9 Å². The Morgan fingerprint density at radius 1 is 1.55 bits per heavy atom. The molecule has 1 fully saturated rings. The zero-order chi connectivity index (χ0) is 14.7. The fourth-order valence-electron chi connectivity index (χ4n) is 2.52. The largest absolute Gasteiger partial charge is 0.378 e. The minimum atomic E-state index is -0.451. The van der Waals surface area contributed by atoms with Gasteiger partial charge in [-0.25, -0.2) is 0 Å². The zero-order valence-electron chi connectivity index (χ0n) is 11.8. The van der Waals surface area contributed by atoms with Crippen molar-refractivity contribution < 1.29 is 9.72 Å². The molecule has 0 saturated carbocycles. The van der Waals surface area contributed by atoms with Crippen LogP contribution in [0.1, 0.15) is 30.1 Å². The molecule has 1 aromatic rings. The normalized spacial score (nSPS) is 19.0. The summed E-state index contributed by atoms with van der Waals surface area (Å²) < 4.78 is 0. The van der Waals surface area contributed by atoms with Gasteiger partial charge in [-0.15, -0.1) is 0 Å². The van der Waals surface area contributed by atoms with Crippen molar-refractivity contribution in [2.24, 2.45) is 0 Å². The molecule has 2 rings (SSSR count). The first-order chi connectivity index (χ1) is 9.49. The Bertz CT molecular complexity index is 530. The van der Waals surface area contributed by atoms with Crippen molar-refractivity contribution in [1.82, 2.24) is 4.90 Å². The highest BCUT2D eigenvalue weighted by atomic mass is 16.6. The molecule has 20 heavy (non-hydrogen) atoms. The number of rotatable bonds is 5. The van der Waals surface area contributed by atoms with Crippen LogP contribution in [-0.4, -0.2) is 41.8 Å². The van der Waals surface area contributed by atoms with Gasteiger partial charge < -0.3 is 10.2 Å². The Hall–Kier alpha value is -1.95. The van der Waals surface area contributed by atoms with E-state index in [-0.39, 0.29) is 11.5 Å². The lowest BCUT2D eigenvalue weighted by Gasteiger charge is -2.20. The number of nitro benzene ring substituents is 1. The number of hydrogen-bond acceptors (Lipinski definition) is 5. The van der Waals surface area contributed by atoms with E-state index in [0.717, 1.165) is 19.4 Å². The summed E-state index contributed by atoms with van der Waals surface area (Å²) in [7, 11) is 2.06. The van der Waals surface area contributed by atoms with E-state index in [0.29, 0.717) is 23.8 Å². The van der Waals surface area contributed by atoms with Crippen molar-refractivity contribution in [2.75, 3.05) is 25.5 Å². The van der Waals surface area contributed by atoms with Crippen LogP contribution in [0.25, 0.3) is 0 Å². The van der Waals surface area contributed by atoms with Gasteiger partial charge in [0.25, 0.3) is 5.69 Å². The lowest BCUT2D eigenvalue weighted by Crippen LogP contribution is -2.31. The van der Waals surface area contributed by atoms with Crippen LogP contribution in [0.4, 0.5) is 11.4 Å². The number of carbonyl (C=O) groups is 1. The highest BCUT2D eigenvalue weighted by molar-refractivity contribution is 5.95. The first kappa shape index (κ1) is 14.5. The van der Waals surface area contributed by atoms with Gasteiger partial charge in [0, 0.05) is 24.2 Å². The first-order valence-electron chi connectivity index (χ1n) is 6.72. The van der Waals surface area contributed by atoms with Crippen LogP contribution < -0.4 is 5.32 Å². The Kier molecular flexibility index (Phi) is 4.34. The van der Waals surface area contributed by atoms with Gasteiger partial charge in [-0.1, -0.05) is 0 Å². The molecule has 1 atom stereocenters. The highest BCUT2D eigenvalue weighted by Crippen LogP contribution is 2.26. The van der Waals surface area contributed by atoms with E-state index in [4.69, 9.17) is 0 Å². The SMILES string of the molecule is CC(=O)c1ccc(NC[C@H]2CCCN2C)c([N+](=O)[O-])c1. The molecule has 0 spiro atoms. The molecule has 0 aromatic heterocycles. The summed E-state index contributed by atoms with van der Waals surface area (Å²) in [6.07, 6.45) is 2.26. The van der Waals surface area contributed by atoms with Gasteiger partial charge in [-0.05, 0) is 45.5 Å². The molecule has 1 heterocycles. The second-order valence-electron chi connectivity index (χ2n) is 5.20.